The predicted octanol–water partition coefficient (Wildman–Crippen LogP) is 9.11. The molecule has 252 valence electrons. The van der Waals surface area contributed by atoms with Crippen molar-refractivity contribution in [3.63, 3.8) is 0 Å². The van der Waals surface area contributed by atoms with Gasteiger partial charge in [0.1, 0.15) is 0 Å². The summed E-state index contributed by atoms with van der Waals surface area (Å²) in [6.45, 7) is 4.54. The Morgan fingerprint density at radius 2 is 0.558 bits per heavy atom. The van der Waals surface area contributed by atoms with E-state index in [1.807, 2.05) is 0 Å². The summed E-state index contributed by atoms with van der Waals surface area (Å²) in [5.41, 5.74) is 0. The average Bonchev–Trinajstić information content (AvgIpc) is 2.97. The molecule has 0 atom stereocenters. The van der Waals surface area contributed by atoms with Crippen LogP contribution in [0.4, 0.5) is 0 Å². The molecule has 0 aliphatic carbocycles. The first-order valence-electron chi connectivity index (χ1n) is 19.0. The molecule has 0 fully saturated rings. The second-order valence-electron chi connectivity index (χ2n) is 12.9. The summed E-state index contributed by atoms with van der Waals surface area (Å²) in [6, 6.07) is 0. The molecule has 43 heavy (non-hydrogen) atoms. The van der Waals surface area contributed by atoms with Crippen molar-refractivity contribution in [1.29, 1.82) is 0 Å². The van der Waals surface area contributed by atoms with Crippen molar-refractivity contribution in [2.24, 2.45) is 0 Å². The van der Waals surface area contributed by atoms with Crippen LogP contribution in [0.15, 0.2) is 0 Å². The minimum Gasteiger partial charge on any atom is -0.550 e. The van der Waals surface area contributed by atoms with Gasteiger partial charge in [-0.25, -0.2) is 0 Å². The fraction of sp³-hybridized carbons (Fsp3) is 0.947. The average molecular weight is 619 g/mol. The van der Waals surface area contributed by atoms with Gasteiger partial charge >= 0.3 is 35.5 Å². The van der Waals surface area contributed by atoms with Gasteiger partial charge in [-0.2, -0.15) is 0 Å². The molecule has 0 aromatic heterocycles. The smallest absolute Gasteiger partial charge is 0.550 e. The van der Waals surface area contributed by atoms with Crippen LogP contribution in [-0.2, 0) is 9.59 Å². The number of hydrogen-bond donors (Lipinski definition) is 1. The molecule has 1 N–H and O–H groups in total. The van der Waals surface area contributed by atoms with E-state index in [0.29, 0.717) is 6.42 Å². The summed E-state index contributed by atoms with van der Waals surface area (Å²) in [6.07, 6.45) is 43.0. The summed E-state index contributed by atoms with van der Waals surface area (Å²) in [4.78, 5) is 20.6. The minimum absolute atomic E-state index is 0. The monoisotopic (exact) mass is 619 g/mol. The Balaban J connectivity index is -0.000000730. The van der Waals surface area contributed by atoms with Gasteiger partial charge in [0.2, 0.25) is 0 Å². The molecule has 0 aromatic rings. The maximum absolute atomic E-state index is 10.4. The Bertz CT molecular complexity index is 526. The Morgan fingerprint density at radius 1 is 0.372 bits per heavy atom. The molecule has 5 heteroatoms. The summed E-state index contributed by atoms with van der Waals surface area (Å²) in [5.74, 6) is -1.55. The maximum Gasteiger partial charge on any atom is 1.00 e. The zero-order valence-electron chi connectivity index (χ0n) is 29.7. The normalized spacial score (nSPS) is 10.7. The molecule has 0 aromatic carbocycles. The van der Waals surface area contributed by atoms with E-state index in [-0.39, 0.29) is 36.0 Å². The summed E-state index contributed by atoms with van der Waals surface area (Å²) in [7, 11) is 0. The van der Waals surface area contributed by atoms with E-state index in [4.69, 9.17) is 5.11 Å². The van der Waals surface area contributed by atoms with E-state index in [2.05, 4.69) is 13.8 Å². The number of carbonyl (C=O) groups is 2. The van der Waals surface area contributed by atoms with Crippen LogP contribution in [0.5, 0.6) is 0 Å². The number of carboxylic acid groups (broad SMARTS) is 2. The third-order valence-electron chi connectivity index (χ3n) is 8.48. The molecule has 0 aliphatic heterocycles. The molecule has 0 aliphatic rings. The van der Waals surface area contributed by atoms with Crippen LogP contribution in [0.2, 0.25) is 0 Å². The zero-order valence-corrected chi connectivity index (χ0v) is 31.7. The molecule has 0 radical (unpaired) electrons. The first-order chi connectivity index (χ1) is 20.5. The molecule has 0 heterocycles. The molecule has 0 spiro atoms. The van der Waals surface area contributed by atoms with Crippen molar-refractivity contribution in [1.82, 2.24) is 0 Å². The molecule has 0 saturated carbocycles. The zero-order chi connectivity index (χ0) is 31.2. The molecular formula is C38H75NaO4. The Kier molecular flexibility index (Phi) is 48.5. The van der Waals surface area contributed by atoms with E-state index in [0.717, 1.165) is 25.7 Å². The van der Waals surface area contributed by atoms with Crippen molar-refractivity contribution in [3.05, 3.63) is 0 Å². The summed E-state index contributed by atoms with van der Waals surface area (Å²) < 4.78 is 0. The largest absolute Gasteiger partial charge is 1.00 e. The van der Waals surface area contributed by atoms with Gasteiger partial charge in [-0.15, -0.1) is 0 Å². The number of rotatable bonds is 34. The van der Waals surface area contributed by atoms with Crippen LogP contribution >= 0.6 is 0 Å². The number of carbonyl (C=O) groups excluding carboxylic acids is 1. The number of aliphatic carboxylic acids is 2. The fourth-order valence-electron chi connectivity index (χ4n) is 5.64. The van der Waals surface area contributed by atoms with Gasteiger partial charge in [-0.05, 0) is 19.3 Å². The van der Waals surface area contributed by atoms with Crippen LogP contribution < -0.4 is 34.7 Å². The number of hydrogen-bond acceptors (Lipinski definition) is 3. The molecule has 0 rings (SSSR count). The van der Waals surface area contributed by atoms with Gasteiger partial charge in [-0.3, -0.25) is 4.79 Å². The van der Waals surface area contributed by atoms with Gasteiger partial charge in [0.25, 0.3) is 0 Å². The molecule has 0 amide bonds. The first kappa shape index (κ1) is 47.3. The molecule has 0 bridgehead atoms. The van der Waals surface area contributed by atoms with Crippen LogP contribution in [0, 0.1) is 0 Å². The van der Waals surface area contributed by atoms with E-state index in [1.165, 1.54) is 180 Å². The van der Waals surface area contributed by atoms with Gasteiger partial charge < -0.3 is 15.0 Å². The van der Waals surface area contributed by atoms with Gasteiger partial charge in [0.15, 0.2) is 0 Å². The third-order valence-corrected chi connectivity index (χ3v) is 8.48. The minimum atomic E-state index is -0.903. The van der Waals surface area contributed by atoms with Crippen LogP contribution in [0.1, 0.15) is 232 Å². The van der Waals surface area contributed by atoms with Crippen LogP contribution in [0.25, 0.3) is 0 Å². The van der Waals surface area contributed by atoms with Crippen molar-refractivity contribution in [3.8, 4) is 0 Å². The van der Waals surface area contributed by atoms with Crippen molar-refractivity contribution in [2.75, 3.05) is 0 Å². The summed E-state index contributed by atoms with van der Waals surface area (Å²) in [5, 5.41) is 18.8. The maximum atomic E-state index is 10.4. The Labute approximate surface area is 292 Å². The van der Waals surface area contributed by atoms with E-state index >= 15 is 0 Å². The number of carboxylic acids is 2. The topological polar surface area (TPSA) is 77.4 Å². The van der Waals surface area contributed by atoms with Gasteiger partial charge in [-0.1, -0.05) is 206 Å². The first-order valence-corrected chi connectivity index (χ1v) is 19.0. The fourth-order valence-corrected chi connectivity index (χ4v) is 5.64. The van der Waals surface area contributed by atoms with Gasteiger partial charge in [0.05, 0.1) is 0 Å². The third kappa shape index (κ3) is 51.8. The van der Waals surface area contributed by atoms with Crippen molar-refractivity contribution >= 4 is 11.9 Å². The predicted molar refractivity (Wildman–Crippen MR) is 181 cm³/mol. The standard InChI is InChI=1S/C20H40O2.C18H36O2.Na/c1-2-3-4-5-6-7-8-9-10-11-12-13-14-15-16-17-18-19-20(21)22;1-2-3-4-5-6-7-8-9-10-11-12-13-14-15-16-17-18(19)20;/h2-19H2,1H3,(H,21,22);2-17H2,1H3,(H,19,20);/q;;+1/p-1. The molecule has 0 unspecified atom stereocenters. The molecule has 4 nitrogen and oxygen atoms in total. The summed E-state index contributed by atoms with van der Waals surface area (Å²) >= 11 is 0. The molecule has 0 saturated heterocycles. The molecular weight excluding hydrogens is 543 g/mol. The van der Waals surface area contributed by atoms with Gasteiger partial charge in [0, 0.05) is 12.4 Å². The quantitative estimate of drug-likeness (QED) is 0.0576. The van der Waals surface area contributed by atoms with Crippen LogP contribution in [0.3, 0.4) is 0 Å². The second-order valence-corrected chi connectivity index (χ2v) is 12.9. The Morgan fingerprint density at radius 3 is 0.744 bits per heavy atom. The SMILES string of the molecule is CCCCCCCCCCCCCCCCCC(=O)[O-].CCCCCCCCCCCCCCCCCCCC(=O)O.[Na+]. The number of unbranched alkanes of at least 4 members (excludes halogenated alkanes) is 30. The van der Waals surface area contributed by atoms with Crippen molar-refractivity contribution < 1.29 is 49.4 Å². The second kappa shape index (κ2) is 44.1. The van der Waals surface area contributed by atoms with E-state index in [1.54, 1.807) is 0 Å². The van der Waals surface area contributed by atoms with Crippen molar-refractivity contribution in [2.45, 2.75) is 232 Å². The Hall–Kier alpha value is -0.0600. The van der Waals surface area contributed by atoms with Crippen LogP contribution in [-0.4, -0.2) is 17.0 Å². The van der Waals surface area contributed by atoms with E-state index < -0.39 is 11.9 Å². The van der Waals surface area contributed by atoms with E-state index in [9.17, 15) is 14.7 Å².